The molecule has 1 saturated heterocycles. The highest BCUT2D eigenvalue weighted by atomic mass is 35.5. The van der Waals surface area contributed by atoms with E-state index in [1.54, 1.807) is 12.1 Å². The molecule has 0 aliphatic carbocycles. The van der Waals surface area contributed by atoms with Gasteiger partial charge < -0.3 is 5.32 Å². The number of piperazine rings is 1. The fraction of sp³-hybridized carbons (Fsp3) is 0.316. The van der Waals surface area contributed by atoms with Crippen molar-refractivity contribution in [2.24, 2.45) is 0 Å². The van der Waals surface area contributed by atoms with E-state index >= 15 is 0 Å². The molecule has 6 nitrogen and oxygen atoms in total. The maximum Gasteiger partial charge on any atom is 0.243 e. The minimum Gasteiger partial charge on any atom is -0.326 e. The third-order valence-electron chi connectivity index (χ3n) is 4.50. The molecular formula is C19H22ClN3O3S. The number of benzene rings is 2. The van der Waals surface area contributed by atoms with Gasteiger partial charge >= 0.3 is 0 Å². The molecule has 1 fully saturated rings. The highest BCUT2D eigenvalue weighted by Gasteiger charge is 2.28. The Morgan fingerprint density at radius 3 is 2.26 bits per heavy atom. The molecule has 2 aromatic carbocycles. The van der Waals surface area contributed by atoms with Crippen molar-refractivity contribution < 1.29 is 13.2 Å². The van der Waals surface area contributed by atoms with Gasteiger partial charge in [-0.05, 0) is 35.9 Å². The first-order valence-electron chi connectivity index (χ1n) is 8.70. The molecule has 0 saturated carbocycles. The largest absolute Gasteiger partial charge is 0.326 e. The maximum atomic E-state index is 12.8. The van der Waals surface area contributed by atoms with Gasteiger partial charge in [0.1, 0.15) is 0 Å². The Morgan fingerprint density at radius 1 is 1.04 bits per heavy atom. The summed E-state index contributed by atoms with van der Waals surface area (Å²) in [5, 5.41) is 3.36. The van der Waals surface area contributed by atoms with Crippen LogP contribution in [0.2, 0.25) is 5.02 Å². The molecule has 0 unspecified atom stereocenters. The minimum absolute atomic E-state index is 0.194. The molecule has 8 heteroatoms. The van der Waals surface area contributed by atoms with Gasteiger partial charge in [0.05, 0.1) is 4.90 Å². The maximum absolute atomic E-state index is 12.8. The van der Waals surface area contributed by atoms with Crippen LogP contribution in [0.4, 0.5) is 5.69 Å². The van der Waals surface area contributed by atoms with Crippen LogP contribution in [0.25, 0.3) is 0 Å². The molecule has 27 heavy (non-hydrogen) atoms. The standard InChI is InChI=1S/C19H22ClN3O3S/c1-15(24)21-17-6-8-18(9-7-17)27(25,26)23-12-10-22(11-13-23)14-16-4-2-3-5-19(16)20/h2-9H,10-14H2,1H3,(H,21,24). The van der Waals surface area contributed by atoms with Gasteiger partial charge in [-0.1, -0.05) is 29.8 Å². The average molecular weight is 408 g/mol. The molecule has 3 rings (SSSR count). The van der Waals surface area contributed by atoms with Gasteiger partial charge in [-0.2, -0.15) is 4.31 Å². The number of halogens is 1. The van der Waals surface area contributed by atoms with Gasteiger partial charge in [0, 0.05) is 50.4 Å². The molecule has 1 heterocycles. The number of amides is 1. The second kappa shape index (κ2) is 8.39. The minimum atomic E-state index is -3.54. The zero-order chi connectivity index (χ0) is 19.4. The lowest BCUT2D eigenvalue weighted by molar-refractivity contribution is -0.114. The molecular weight excluding hydrogens is 386 g/mol. The summed E-state index contributed by atoms with van der Waals surface area (Å²) >= 11 is 6.21. The van der Waals surface area contributed by atoms with Crippen LogP contribution in [0.1, 0.15) is 12.5 Å². The van der Waals surface area contributed by atoms with Crippen LogP contribution in [-0.4, -0.2) is 49.7 Å². The second-order valence-electron chi connectivity index (χ2n) is 6.48. The first-order chi connectivity index (χ1) is 12.9. The van der Waals surface area contributed by atoms with E-state index < -0.39 is 10.0 Å². The lowest BCUT2D eigenvalue weighted by atomic mass is 10.2. The Bertz CT molecular complexity index is 908. The molecule has 144 valence electrons. The van der Waals surface area contributed by atoms with E-state index in [1.165, 1.54) is 23.4 Å². The Hall–Kier alpha value is -1.93. The molecule has 1 aliphatic rings. The fourth-order valence-corrected chi connectivity index (χ4v) is 4.68. The number of carbonyl (C=O) groups is 1. The van der Waals surface area contributed by atoms with Crippen LogP contribution >= 0.6 is 11.6 Å². The number of rotatable bonds is 5. The van der Waals surface area contributed by atoms with E-state index in [1.807, 2.05) is 24.3 Å². The van der Waals surface area contributed by atoms with Crippen molar-refractivity contribution in [3.05, 3.63) is 59.1 Å². The van der Waals surface area contributed by atoms with Crippen LogP contribution in [0, 0.1) is 0 Å². The summed E-state index contributed by atoms with van der Waals surface area (Å²) in [7, 11) is -3.54. The smallest absolute Gasteiger partial charge is 0.243 e. The zero-order valence-electron chi connectivity index (χ0n) is 15.1. The van der Waals surface area contributed by atoms with Gasteiger partial charge in [-0.3, -0.25) is 9.69 Å². The fourth-order valence-electron chi connectivity index (χ4n) is 3.06. The highest BCUT2D eigenvalue weighted by molar-refractivity contribution is 7.89. The monoisotopic (exact) mass is 407 g/mol. The van der Waals surface area contributed by atoms with Crippen molar-refractivity contribution in [3.63, 3.8) is 0 Å². The highest BCUT2D eigenvalue weighted by Crippen LogP contribution is 2.22. The number of sulfonamides is 1. The summed E-state index contributed by atoms with van der Waals surface area (Å²) in [5.74, 6) is -0.194. The molecule has 0 bridgehead atoms. The number of nitrogens with zero attached hydrogens (tertiary/aromatic N) is 2. The van der Waals surface area contributed by atoms with Gasteiger partial charge in [-0.15, -0.1) is 0 Å². The second-order valence-corrected chi connectivity index (χ2v) is 8.82. The van der Waals surface area contributed by atoms with Crippen molar-refractivity contribution in [1.29, 1.82) is 0 Å². The van der Waals surface area contributed by atoms with Crippen molar-refractivity contribution >= 4 is 33.2 Å². The summed E-state index contributed by atoms with van der Waals surface area (Å²) in [6.07, 6.45) is 0. The molecule has 0 aromatic heterocycles. The van der Waals surface area contributed by atoms with E-state index in [0.29, 0.717) is 38.4 Å². The third kappa shape index (κ3) is 4.87. The average Bonchev–Trinajstić information content (AvgIpc) is 2.64. The van der Waals surface area contributed by atoms with Crippen LogP contribution in [0.3, 0.4) is 0 Å². The van der Waals surface area contributed by atoms with Gasteiger partial charge in [0.2, 0.25) is 15.9 Å². The van der Waals surface area contributed by atoms with Crippen LogP contribution in [0.15, 0.2) is 53.4 Å². The predicted octanol–water partition coefficient (Wildman–Crippen LogP) is 2.80. The number of hydrogen-bond acceptors (Lipinski definition) is 4. The van der Waals surface area contributed by atoms with Gasteiger partial charge in [-0.25, -0.2) is 8.42 Å². The number of carbonyl (C=O) groups excluding carboxylic acids is 1. The van der Waals surface area contributed by atoms with E-state index in [4.69, 9.17) is 11.6 Å². The van der Waals surface area contributed by atoms with Crippen molar-refractivity contribution in [3.8, 4) is 0 Å². The molecule has 1 amide bonds. The summed E-state index contributed by atoms with van der Waals surface area (Å²) in [6, 6.07) is 13.9. The number of nitrogens with one attached hydrogen (secondary N) is 1. The first-order valence-corrected chi connectivity index (χ1v) is 10.5. The van der Waals surface area contributed by atoms with Gasteiger partial charge in [0.25, 0.3) is 0 Å². The van der Waals surface area contributed by atoms with Crippen molar-refractivity contribution in [2.45, 2.75) is 18.4 Å². The Labute approximate surface area is 164 Å². The summed E-state index contributed by atoms with van der Waals surface area (Å²) in [4.78, 5) is 13.5. The van der Waals surface area contributed by atoms with E-state index in [9.17, 15) is 13.2 Å². The Balaban J connectivity index is 1.62. The summed E-state index contributed by atoms with van der Waals surface area (Å²) < 4.78 is 27.2. The Kier molecular flexibility index (Phi) is 6.16. The topological polar surface area (TPSA) is 69.7 Å². The molecule has 2 aromatic rings. The van der Waals surface area contributed by atoms with Gasteiger partial charge in [0.15, 0.2) is 0 Å². The van der Waals surface area contributed by atoms with Crippen LogP contribution in [0.5, 0.6) is 0 Å². The van der Waals surface area contributed by atoms with E-state index in [-0.39, 0.29) is 10.8 Å². The molecule has 1 N–H and O–H groups in total. The third-order valence-corrected chi connectivity index (χ3v) is 6.78. The lowest BCUT2D eigenvalue weighted by Crippen LogP contribution is -2.48. The van der Waals surface area contributed by atoms with E-state index in [0.717, 1.165) is 10.6 Å². The Morgan fingerprint density at radius 2 is 1.67 bits per heavy atom. The predicted molar refractivity (Wildman–Crippen MR) is 106 cm³/mol. The summed E-state index contributed by atoms with van der Waals surface area (Å²) in [6.45, 7) is 4.27. The van der Waals surface area contributed by atoms with E-state index in [2.05, 4.69) is 10.2 Å². The summed E-state index contributed by atoms with van der Waals surface area (Å²) in [5.41, 5.74) is 1.62. The number of hydrogen-bond donors (Lipinski definition) is 1. The zero-order valence-corrected chi connectivity index (χ0v) is 16.6. The molecule has 0 spiro atoms. The molecule has 0 radical (unpaired) electrons. The van der Waals surface area contributed by atoms with Crippen LogP contribution in [-0.2, 0) is 21.4 Å². The van der Waals surface area contributed by atoms with Crippen LogP contribution < -0.4 is 5.32 Å². The quantitative estimate of drug-likeness (QED) is 0.827. The van der Waals surface area contributed by atoms with Crippen molar-refractivity contribution in [2.75, 3.05) is 31.5 Å². The molecule has 0 atom stereocenters. The number of anilines is 1. The first kappa shape index (κ1) is 19.8. The lowest BCUT2D eigenvalue weighted by Gasteiger charge is -2.34. The molecule has 1 aliphatic heterocycles. The normalized spacial score (nSPS) is 16.2. The SMILES string of the molecule is CC(=O)Nc1ccc(S(=O)(=O)N2CCN(Cc3ccccc3Cl)CC2)cc1. The van der Waals surface area contributed by atoms with Crippen molar-refractivity contribution in [1.82, 2.24) is 9.21 Å².